The minimum Gasteiger partial charge on any atom is -0.378 e. The minimum absolute atomic E-state index is 0.526. The summed E-state index contributed by atoms with van der Waals surface area (Å²) in [7, 11) is 0. The third-order valence-electron chi connectivity index (χ3n) is 7.10. The highest BCUT2D eigenvalue weighted by atomic mass is 16.5. The number of piperidine rings is 1. The van der Waals surface area contributed by atoms with Crippen LogP contribution in [0.25, 0.3) is 10.9 Å². The van der Waals surface area contributed by atoms with Crippen LogP contribution in [-0.4, -0.2) is 66.9 Å². The van der Waals surface area contributed by atoms with Crippen molar-refractivity contribution in [2.45, 2.75) is 39.0 Å². The molecule has 0 radical (unpaired) electrons. The number of aromatic amines is 1. The third kappa shape index (κ3) is 6.42. The first-order valence-corrected chi connectivity index (χ1v) is 12.7. The van der Waals surface area contributed by atoms with Crippen molar-refractivity contribution in [3.05, 3.63) is 65.4 Å². The summed E-state index contributed by atoms with van der Waals surface area (Å²) in [5, 5.41) is 9.99. The lowest BCUT2D eigenvalue weighted by molar-refractivity contribution is -0.124. The molecule has 35 heavy (non-hydrogen) atoms. The predicted molar refractivity (Wildman–Crippen MR) is 141 cm³/mol. The van der Waals surface area contributed by atoms with E-state index in [0.717, 1.165) is 57.9 Å². The number of likely N-dealkylation sites (tertiary alicyclic amines) is 1. The van der Waals surface area contributed by atoms with E-state index in [0.29, 0.717) is 5.92 Å². The molecule has 2 aliphatic heterocycles. The molecule has 0 aliphatic carbocycles. The van der Waals surface area contributed by atoms with Crippen molar-refractivity contribution < 1.29 is 14.7 Å². The number of H-pyrrole nitrogens is 1. The van der Waals surface area contributed by atoms with Gasteiger partial charge in [0.1, 0.15) is 0 Å². The first-order valence-electron chi connectivity index (χ1n) is 12.7. The van der Waals surface area contributed by atoms with Crippen LogP contribution in [0.15, 0.2) is 54.2 Å². The fourth-order valence-electron chi connectivity index (χ4n) is 5.31. The van der Waals surface area contributed by atoms with Crippen molar-refractivity contribution in [2.24, 2.45) is 0 Å². The van der Waals surface area contributed by atoms with Gasteiger partial charge in [-0.05, 0) is 81.0 Å². The van der Waals surface area contributed by atoms with Crippen LogP contribution < -0.4 is 10.4 Å². The average molecular weight is 479 g/mol. The molecule has 188 valence electrons. The molecule has 7 nitrogen and oxygen atoms in total. The number of nitrogens with zero attached hydrogens (tertiary/aromatic N) is 2. The molecule has 3 N–H and O–H groups in total. The van der Waals surface area contributed by atoms with Gasteiger partial charge in [0.2, 0.25) is 0 Å². The number of nitrogens with one attached hydrogen (secondary N) is 2. The molecule has 0 saturated carbocycles. The van der Waals surface area contributed by atoms with Crippen LogP contribution in [-0.2, 0) is 9.53 Å². The number of amides is 1. The van der Waals surface area contributed by atoms with Crippen molar-refractivity contribution >= 4 is 22.5 Å². The van der Waals surface area contributed by atoms with Gasteiger partial charge in [-0.2, -0.15) is 0 Å². The van der Waals surface area contributed by atoms with Crippen LogP contribution >= 0.6 is 0 Å². The number of carbonyl (C=O) groups excluding carboxylic acids is 1. The third-order valence-corrected chi connectivity index (χ3v) is 7.10. The molecule has 3 heterocycles. The van der Waals surface area contributed by atoms with Crippen LogP contribution in [0.2, 0.25) is 0 Å². The van der Waals surface area contributed by atoms with Crippen molar-refractivity contribution in [3.63, 3.8) is 0 Å². The summed E-state index contributed by atoms with van der Waals surface area (Å²) < 4.78 is 5.54. The number of aryl methyl sites for hydroxylation is 1. The summed E-state index contributed by atoms with van der Waals surface area (Å²) in [5.74, 6) is 0.00851. The first kappa shape index (κ1) is 25.2. The van der Waals surface area contributed by atoms with E-state index >= 15 is 0 Å². The normalized spacial score (nSPS) is 20.4. The van der Waals surface area contributed by atoms with Crippen molar-refractivity contribution in [1.82, 2.24) is 15.4 Å². The fraction of sp³-hybridized carbons (Fsp3) is 0.464. The van der Waals surface area contributed by atoms with E-state index in [1.54, 1.807) is 11.6 Å². The monoisotopic (exact) mass is 478 g/mol. The van der Waals surface area contributed by atoms with Crippen molar-refractivity contribution in [1.29, 1.82) is 0 Å². The fourth-order valence-corrected chi connectivity index (χ4v) is 5.31. The van der Waals surface area contributed by atoms with Gasteiger partial charge in [-0.25, -0.2) is 5.48 Å². The van der Waals surface area contributed by atoms with Crippen LogP contribution in [0.1, 0.15) is 43.4 Å². The second-order valence-electron chi connectivity index (χ2n) is 9.42. The van der Waals surface area contributed by atoms with Gasteiger partial charge in [0.05, 0.1) is 13.2 Å². The van der Waals surface area contributed by atoms with Crippen LogP contribution in [0.3, 0.4) is 0 Å². The van der Waals surface area contributed by atoms with E-state index in [2.05, 4.69) is 46.0 Å². The predicted octanol–water partition coefficient (Wildman–Crippen LogP) is 4.45. The average Bonchev–Trinajstić information content (AvgIpc) is 3.23. The Kier molecular flexibility index (Phi) is 8.79. The largest absolute Gasteiger partial charge is 0.378 e. The van der Waals surface area contributed by atoms with Gasteiger partial charge in [-0.1, -0.05) is 18.2 Å². The Morgan fingerprint density at radius 1 is 1.23 bits per heavy atom. The van der Waals surface area contributed by atoms with Gasteiger partial charge in [0.25, 0.3) is 5.91 Å². The lowest BCUT2D eigenvalue weighted by atomic mass is 9.88. The van der Waals surface area contributed by atoms with Crippen LogP contribution in [0.4, 0.5) is 5.69 Å². The van der Waals surface area contributed by atoms with Gasteiger partial charge in [-0.3, -0.25) is 10.0 Å². The molecule has 0 spiro atoms. The lowest BCUT2D eigenvalue weighted by Crippen LogP contribution is -2.36. The van der Waals surface area contributed by atoms with Gasteiger partial charge in [0.15, 0.2) is 0 Å². The number of allylic oxidation sites excluding steroid dienone is 4. The molecule has 1 unspecified atom stereocenters. The minimum atomic E-state index is -0.526. The molecule has 2 aliphatic rings. The number of anilines is 1. The topological polar surface area (TPSA) is 80.8 Å². The standard InChI is InChI=1S/C28H38N4O3/c1-3-22(9-12-27(33)30-34)7-4-5-13-31-14-6-8-23(20-31)28-21(2)29-26-11-10-24(19-25(26)28)32-15-17-35-18-16-32/h3-4,7,9-12,19,23,29,34H,5-6,8,13-18,20H2,1-2H3,(H,30,33)/b7-4-,12-9+,22-3+. The summed E-state index contributed by atoms with van der Waals surface area (Å²) in [4.78, 5) is 19.8. The number of hydrogen-bond donors (Lipinski definition) is 3. The number of hydroxylamine groups is 1. The Morgan fingerprint density at radius 2 is 2.06 bits per heavy atom. The van der Waals surface area contributed by atoms with E-state index < -0.39 is 5.91 Å². The quantitative estimate of drug-likeness (QED) is 0.226. The highest BCUT2D eigenvalue weighted by molar-refractivity contribution is 5.88. The number of rotatable bonds is 8. The molecule has 2 aromatic rings. The number of carbonyl (C=O) groups is 1. The molecule has 1 aromatic heterocycles. The van der Waals surface area contributed by atoms with Gasteiger partial charge >= 0.3 is 0 Å². The maximum Gasteiger partial charge on any atom is 0.267 e. The summed E-state index contributed by atoms with van der Waals surface area (Å²) >= 11 is 0. The molecule has 7 heteroatoms. The zero-order valence-corrected chi connectivity index (χ0v) is 20.9. The highest BCUT2D eigenvalue weighted by Gasteiger charge is 2.25. The number of ether oxygens (including phenoxy) is 1. The Labute approximate surface area is 208 Å². The second kappa shape index (κ2) is 12.2. The maximum atomic E-state index is 11.2. The Balaban J connectivity index is 1.40. The van der Waals surface area contributed by atoms with Gasteiger partial charge in [0, 0.05) is 54.5 Å². The number of aromatic nitrogens is 1. The molecular formula is C28H38N4O3. The van der Waals surface area contributed by atoms with E-state index in [-0.39, 0.29) is 0 Å². The molecular weight excluding hydrogens is 440 g/mol. The zero-order chi connectivity index (χ0) is 24.6. The zero-order valence-electron chi connectivity index (χ0n) is 20.9. The summed E-state index contributed by atoms with van der Waals surface area (Å²) in [6, 6.07) is 6.85. The molecule has 2 fully saturated rings. The molecule has 4 rings (SSSR count). The molecule has 1 atom stereocenters. The van der Waals surface area contributed by atoms with Gasteiger partial charge in [-0.15, -0.1) is 0 Å². The summed E-state index contributed by atoms with van der Waals surface area (Å²) in [5.41, 5.74) is 7.86. The van der Waals surface area contributed by atoms with Crippen molar-refractivity contribution in [3.8, 4) is 0 Å². The number of hydrogen-bond acceptors (Lipinski definition) is 5. The first-order chi connectivity index (χ1) is 17.1. The van der Waals surface area contributed by atoms with Crippen molar-refractivity contribution in [2.75, 3.05) is 50.8 Å². The number of fused-ring (bicyclic) bond motifs is 1. The summed E-state index contributed by atoms with van der Waals surface area (Å²) in [6.07, 6.45) is 12.5. The highest BCUT2D eigenvalue weighted by Crippen LogP contribution is 2.36. The van der Waals surface area contributed by atoms with Gasteiger partial charge < -0.3 is 19.5 Å². The molecule has 0 bridgehead atoms. The molecule has 1 aromatic carbocycles. The van der Waals surface area contributed by atoms with E-state index in [1.165, 1.54) is 46.8 Å². The Hall–Kier alpha value is -2.87. The molecule has 2 saturated heterocycles. The van der Waals surface area contributed by atoms with Crippen LogP contribution in [0, 0.1) is 6.92 Å². The Morgan fingerprint density at radius 3 is 2.83 bits per heavy atom. The summed E-state index contributed by atoms with van der Waals surface area (Å²) in [6.45, 7) is 10.9. The second-order valence-corrected chi connectivity index (χ2v) is 9.42. The van der Waals surface area contributed by atoms with E-state index in [4.69, 9.17) is 9.94 Å². The number of morpholine rings is 1. The SMILES string of the molecule is C/C=C(\C=C/CCN1CCCC(c2c(C)[nH]c3ccc(N4CCOCC4)cc23)C1)/C=C/C(=O)NO. The van der Waals surface area contributed by atoms with Crippen LogP contribution in [0.5, 0.6) is 0 Å². The molecule has 1 amide bonds. The lowest BCUT2D eigenvalue weighted by Gasteiger charge is -2.33. The van der Waals surface area contributed by atoms with E-state index in [1.807, 2.05) is 19.1 Å². The van der Waals surface area contributed by atoms with E-state index in [9.17, 15) is 4.79 Å². The smallest absolute Gasteiger partial charge is 0.267 e. The maximum absolute atomic E-state index is 11.2. The number of benzene rings is 1. The Bertz CT molecular complexity index is 1100.